The van der Waals surface area contributed by atoms with Gasteiger partial charge in [-0.2, -0.15) is 0 Å². The highest BCUT2D eigenvalue weighted by Crippen LogP contribution is 2.36. The molecule has 1 saturated heterocycles. The number of thiophene rings is 1. The minimum Gasteiger partial charge on any atom is -0.396 e. The van der Waals surface area contributed by atoms with E-state index in [0.29, 0.717) is 17.8 Å². The summed E-state index contributed by atoms with van der Waals surface area (Å²) in [6, 6.07) is 8.23. The molecule has 2 aromatic heterocycles. The molecular weight excluding hydrogens is 386 g/mol. The molecule has 3 aromatic rings. The van der Waals surface area contributed by atoms with Crippen molar-refractivity contribution in [1.29, 1.82) is 0 Å². The summed E-state index contributed by atoms with van der Waals surface area (Å²) in [5.74, 6) is 0.666. The van der Waals surface area contributed by atoms with Crippen LogP contribution in [0, 0.1) is 19.3 Å². The van der Waals surface area contributed by atoms with Crippen LogP contribution in [0.25, 0.3) is 21.3 Å². The Balaban J connectivity index is 1.61. The number of hydrogen-bond donors (Lipinski definition) is 3. The van der Waals surface area contributed by atoms with E-state index in [0.717, 1.165) is 46.8 Å². The van der Waals surface area contributed by atoms with Crippen LogP contribution in [0.1, 0.15) is 29.1 Å². The van der Waals surface area contributed by atoms with Crippen LogP contribution in [0.4, 0.5) is 0 Å². The zero-order valence-electron chi connectivity index (χ0n) is 16.9. The predicted octanol–water partition coefficient (Wildman–Crippen LogP) is 2.84. The van der Waals surface area contributed by atoms with Gasteiger partial charge in [0.25, 0.3) is 5.56 Å². The maximum absolute atomic E-state index is 12.9. The molecule has 0 spiro atoms. The number of aromatic amines is 1. The van der Waals surface area contributed by atoms with E-state index in [9.17, 15) is 15.0 Å². The first-order valence-corrected chi connectivity index (χ1v) is 10.8. The van der Waals surface area contributed by atoms with Crippen molar-refractivity contribution < 1.29 is 10.2 Å². The molecule has 1 aliphatic heterocycles. The van der Waals surface area contributed by atoms with E-state index in [4.69, 9.17) is 4.98 Å². The largest absolute Gasteiger partial charge is 0.396 e. The molecule has 0 atom stereocenters. The summed E-state index contributed by atoms with van der Waals surface area (Å²) in [4.78, 5) is 24.8. The predicted molar refractivity (Wildman–Crippen MR) is 116 cm³/mol. The summed E-state index contributed by atoms with van der Waals surface area (Å²) in [6.07, 6.45) is 1.48. The molecule has 7 heteroatoms. The topological polar surface area (TPSA) is 89.4 Å². The van der Waals surface area contributed by atoms with Gasteiger partial charge in [0.2, 0.25) is 0 Å². The summed E-state index contributed by atoms with van der Waals surface area (Å²) in [5, 5.41) is 19.8. The molecule has 0 bridgehead atoms. The summed E-state index contributed by atoms with van der Waals surface area (Å²) in [6.45, 7) is 6.20. The number of aryl methyl sites for hydroxylation is 2. The third kappa shape index (κ3) is 3.88. The van der Waals surface area contributed by atoms with Gasteiger partial charge in [0, 0.05) is 15.9 Å². The van der Waals surface area contributed by atoms with Gasteiger partial charge in [0.15, 0.2) is 0 Å². The zero-order chi connectivity index (χ0) is 20.6. The first-order chi connectivity index (χ1) is 13.9. The van der Waals surface area contributed by atoms with E-state index >= 15 is 0 Å². The van der Waals surface area contributed by atoms with Crippen molar-refractivity contribution in [3.63, 3.8) is 0 Å². The van der Waals surface area contributed by atoms with Crippen LogP contribution in [0.3, 0.4) is 0 Å². The number of nitrogens with one attached hydrogen (secondary N) is 1. The Labute approximate surface area is 173 Å². The lowest BCUT2D eigenvalue weighted by atomic mass is 9.80. The monoisotopic (exact) mass is 413 g/mol. The van der Waals surface area contributed by atoms with Crippen LogP contribution in [-0.4, -0.2) is 51.4 Å². The van der Waals surface area contributed by atoms with Crippen molar-refractivity contribution in [3.05, 3.63) is 50.9 Å². The molecule has 6 nitrogen and oxygen atoms in total. The standard InChI is InChI=1S/C22H27N3O3S/c1-14-3-5-16(6-4-14)18-15(2)29-21-19(18)20(28)23-17(24-21)11-25-9-7-22(12-26,13-27)8-10-25/h3-6,26-27H,7-13H2,1-2H3,(H,23,24,28). The summed E-state index contributed by atoms with van der Waals surface area (Å²) in [7, 11) is 0. The Kier molecular flexibility index (Phi) is 5.57. The molecule has 3 heterocycles. The van der Waals surface area contributed by atoms with Crippen molar-refractivity contribution in [2.45, 2.75) is 33.2 Å². The molecule has 0 saturated carbocycles. The third-order valence-electron chi connectivity index (χ3n) is 6.09. The van der Waals surface area contributed by atoms with Crippen LogP contribution in [0.15, 0.2) is 29.1 Å². The summed E-state index contributed by atoms with van der Waals surface area (Å²) >= 11 is 1.56. The van der Waals surface area contributed by atoms with Gasteiger partial charge in [-0.25, -0.2) is 4.98 Å². The Bertz CT molecular complexity index is 1060. The van der Waals surface area contributed by atoms with Crippen molar-refractivity contribution in [2.24, 2.45) is 5.41 Å². The molecule has 0 unspecified atom stereocenters. The van der Waals surface area contributed by atoms with E-state index < -0.39 is 0 Å². The number of aromatic nitrogens is 2. The molecule has 154 valence electrons. The van der Waals surface area contributed by atoms with Gasteiger partial charge in [0.1, 0.15) is 10.7 Å². The third-order valence-corrected chi connectivity index (χ3v) is 7.09. The highest BCUT2D eigenvalue weighted by Gasteiger charge is 2.33. The smallest absolute Gasteiger partial charge is 0.260 e. The van der Waals surface area contributed by atoms with Crippen LogP contribution < -0.4 is 5.56 Å². The van der Waals surface area contributed by atoms with E-state index in [2.05, 4.69) is 41.1 Å². The minimum absolute atomic E-state index is 0.00857. The van der Waals surface area contributed by atoms with Crippen LogP contribution >= 0.6 is 11.3 Å². The lowest BCUT2D eigenvalue weighted by Crippen LogP contribution is -2.44. The molecule has 29 heavy (non-hydrogen) atoms. The molecule has 1 aliphatic rings. The molecule has 3 N–H and O–H groups in total. The van der Waals surface area contributed by atoms with Crippen molar-refractivity contribution in [3.8, 4) is 11.1 Å². The first-order valence-electron chi connectivity index (χ1n) is 9.98. The molecule has 4 rings (SSSR count). The molecule has 1 fully saturated rings. The number of nitrogens with zero attached hydrogens (tertiary/aromatic N) is 2. The quantitative estimate of drug-likeness (QED) is 0.599. The number of rotatable bonds is 5. The van der Waals surface area contributed by atoms with Crippen LogP contribution in [-0.2, 0) is 6.54 Å². The number of H-pyrrole nitrogens is 1. The van der Waals surface area contributed by atoms with Gasteiger partial charge < -0.3 is 15.2 Å². The zero-order valence-corrected chi connectivity index (χ0v) is 17.7. The summed E-state index contributed by atoms with van der Waals surface area (Å²) in [5.41, 5.74) is 2.73. The Morgan fingerprint density at radius 1 is 1.14 bits per heavy atom. The second-order valence-electron chi connectivity index (χ2n) is 8.18. The van der Waals surface area contributed by atoms with E-state index in [-0.39, 0.29) is 24.2 Å². The van der Waals surface area contributed by atoms with Gasteiger partial charge in [-0.15, -0.1) is 11.3 Å². The SMILES string of the molecule is Cc1ccc(-c2c(C)sc3nc(CN4CCC(CO)(CO)CC4)[nH]c(=O)c23)cc1. The normalized spacial score (nSPS) is 17.1. The van der Waals surface area contributed by atoms with Crippen LogP contribution in [0.2, 0.25) is 0 Å². The summed E-state index contributed by atoms with van der Waals surface area (Å²) < 4.78 is 0. The van der Waals surface area contributed by atoms with E-state index in [1.54, 1.807) is 11.3 Å². The number of aliphatic hydroxyl groups is 2. The molecule has 1 aromatic carbocycles. The molecule has 0 radical (unpaired) electrons. The first kappa shape index (κ1) is 20.2. The maximum atomic E-state index is 12.9. The average Bonchev–Trinajstić information content (AvgIpc) is 3.06. The lowest BCUT2D eigenvalue weighted by molar-refractivity contribution is -0.00368. The number of piperidine rings is 1. The average molecular weight is 414 g/mol. The highest BCUT2D eigenvalue weighted by atomic mass is 32.1. The van der Waals surface area contributed by atoms with Crippen LogP contribution in [0.5, 0.6) is 0 Å². The second kappa shape index (κ2) is 7.99. The van der Waals surface area contributed by atoms with Gasteiger partial charge >= 0.3 is 0 Å². The highest BCUT2D eigenvalue weighted by molar-refractivity contribution is 7.19. The maximum Gasteiger partial charge on any atom is 0.260 e. The molecule has 0 amide bonds. The number of likely N-dealkylation sites (tertiary alicyclic amines) is 1. The fourth-order valence-electron chi connectivity index (χ4n) is 4.07. The van der Waals surface area contributed by atoms with Crippen molar-refractivity contribution in [1.82, 2.24) is 14.9 Å². The Morgan fingerprint density at radius 3 is 2.41 bits per heavy atom. The number of fused-ring (bicyclic) bond motifs is 1. The van der Waals surface area contributed by atoms with Crippen molar-refractivity contribution in [2.75, 3.05) is 26.3 Å². The van der Waals surface area contributed by atoms with E-state index in [1.807, 2.05) is 6.92 Å². The van der Waals surface area contributed by atoms with Gasteiger partial charge in [-0.1, -0.05) is 29.8 Å². The van der Waals surface area contributed by atoms with Gasteiger partial charge in [-0.3, -0.25) is 9.69 Å². The second-order valence-corrected chi connectivity index (χ2v) is 9.39. The minimum atomic E-state index is -0.380. The fraction of sp³-hybridized carbons (Fsp3) is 0.455. The number of benzene rings is 1. The van der Waals surface area contributed by atoms with Gasteiger partial charge in [-0.05, 0) is 45.3 Å². The van der Waals surface area contributed by atoms with Crippen molar-refractivity contribution >= 4 is 21.6 Å². The number of aliphatic hydroxyl groups excluding tert-OH is 2. The Hall–Kier alpha value is -2.06. The Morgan fingerprint density at radius 2 is 1.79 bits per heavy atom. The lowest BCUT2D eigenvalue weighted by Gasteiger charge is -2.39. The molecular formula is C22H27N3O3S. The van der Waals surface area contributed by atoms with Gasteiger partial charge in [0.05, 0.1) is 25.1 Å². The number of hydrogen-bond acceptors (Lipinski definition) is 6. The fourth-order valence-corrected chi connectivity index (χ4v) is 5.13. The molecule has 0 aliphatic carbocycles. The van der Waals surface area contributed by atoms with E-state index in [1.165, 1.54) is 5.56 Å².